The Morgan fingerprint density at radius 2 is 1.90 bits per heavy atom. The Balaban J connectivity index is 2.11. The third-order valence-electron chi connectivity index (χ3n) is 3.05. The van der Waals surface area contributed by atoms with Crippen LogP contribution in [0.25, 0.3) is 0 Å². The number of hydrogen-bond acceptors (Lipinski definition) is 4. The molecule has 2 aromatic rings. The molecule has 0 bridgehead atoms. The minimum absolute atomic E-state index is 0.413. The standard InChI is InChI=1S/C17H23N3S/c1-4-10-18-16-11-15(13(2)3)19-17(20-16)12-21-14-8-6-5-7-9-14/h5-9,11,13H,4,10,12H2,1-3H3,(H,18,19,20). The van der Waals surface area contributed by atoms with Crippen LogP contribution in [0.5, 0.6) is 0 Å². The fraction of sp³-hybridized carbons (Fsp3) is 0.412. The summed E-state index contributed by atoms with van der Waals surface area (Å²) in [6.45, 7) is 7.43. The summed E-state index contributed by atoms with van der Waals surface area (Å²) in [6.07, 6.45) is 1.09. The summed E-state index contributed by atoms with van der Waals surface area (Å²) in [5.74, 6) is 3.05. The zero-order valence-corrected chi connectivity index (χ0v) is 13.8. The molecule has 0 amide bonds. The lowest BCUT2D eigenvalue weighted by molar-refractivity contribution is 0.798. The summed E-state index contributed by atoms with van der Waals surface area (Å²) in [6, 6.07) is 12.5. The fourth-order valence-electron chi connectivity index (χ4n) is 1.89. The molecule has 112 valence electrons. The highest BCUT2D eigenvalue weighted by Crippen LogP contribution is 2.23. The number of nitrogens with one attached hydrogen (secondary N) is 1. The molecule has 1 heterocycles. The molecule has 3 nitrogen and oxygen atoms in total. The minimum atomic E-state index is 0.413. The van der Waals surface area contributed by atoms with E-state index in [1.54, 1.807) is 11.8 Å². The van der Waals surface area contributed by atoms with Crippen LogP contribution in [-0.4, -0.2) is 16.5 Å². The van der Waals surface area contributed by atoms with Crippen molar-refractivity contribution in [2.45, 2.75) is 43.8 Å². The topological polar surface area (TPSA) is 37.8 Å². The lowest BCUT2D eigenvalue weighted by atomic mass is 10.1. The highest BCUT2D eigenvalue weighted by atomic mass is 32.2. The third-order valence-corrected chi connectivity index (χ3v) is 4.06. The molecule has 0 saturated carbocycles. The van der Waals surface area contributed by atoms with E-state index in [-0.39, 0.29) is 0 Å². The van der Waals surface area contributed by atoms with E-state index in [1.165, 1.54) is 4.90 Å². The van der Waals surface area contributed by atoms with Crippen molar-refractivity contribution in [2.24, 2.45) is 0 Å². The van der Waals surface area contributed by atoms with Gasteiger partial charge in [-0.15, -0.1) is 11.8 Å². The van der Waals surface area contributed by atoms with Crippen LogP contribution in [0.4, 0.5) is 5.82 Å². The van der Waals surface area contributed by atoms with Crippen LogP contribution in [0.1, 0.15) is 44.6 Å². The second kappa shape index (κ2) is 8.03. The van der Waals surface area contributed by atoms with Crippen LogP contribution >= 0.6 is 11.8 Å². The second-order valence-electron chi connectivity index (χ2n) is 5.28. The Kier molecular flexibility index (Phi) is 6.05. The van der Waals surface area contributed by atoms with Crippen molar-refractivity contribution < 1.29 is 0 Å². The molecule has 0 radical (unpaired) electrons. The van der Waals surface area contributed by atoms with Gasteiger partial charge in [0, 0.05) is 23.2 Å². The van der Waals surface area contributed by atoms with Gasteiger partial charge in [-0.25, -0.2) is 9.97 Å². The maximum Gasteiger partial charge on any atom is 0.141 e. The first-order chi connectivity index (χ1) is 10.2. The molecule has 0 aliphatic rings. The van der Waals surface area contributed by atoms with Crippen molar-refractivity contribution in [1.82, 2.24) is 9.97 Å². The molecule has 0 fully saturated rings. The molecule has 1 aromatic carbocycles. The highest BCUT2D eigenvalue weighted by Gasteiger charge is 2.08. The van der Waals surface area contributed by atoms with Crippen molar-refractivity contribution in [3.63, 3.8) is 0 Å². The summed E-state index contributed by atoms with van der Waals surface area (Å²) in [7, 11) is 0. The predicted octanol–water partition coefficient (Wildman–Crippen LogP) is 4.71. The van der Waals surface area contributed by atoms with Crippen LogP contribution in [-0.2, 0) is 5.75 Å². The smallest absolute Gasteiger partial charge is 0.141 e. The van der Waals surface area contributed by atoms with Gasteiger partial charge < -0.3 is 5.32 Å². The lowest BCUT2D eigenvalue weighted by Gasteiger charge is -2.11. The Morgan fingerprint density at radius 1 is 1.14 bits per heavy atom. The molecule has 0 aliphatic heterocycles. The largest absolute Gasteiger partial charge is 0.370 e. The average Bonchev–Trinajstić information content (AvgIpc) is 2.51. The number of rotatable bonds is 7. The van der Waals surface area contributed by atoms with E-state index in [2.05, 4.69) is 66.4 Å². The van der Waals surface area contributed by atoms with Gasteiger partial charge in [-0.2, -0.15) is 0 Å². The number of benzene rings is 1. The molecular formula is C17H23N3S. The second-order valence-corrected chi connectivity index (χ2v) is 6.33. The van der Waals surface area contributed by atoms with Crippen LogP contribution < -0.4 is 5.32 Å². The number of hydrogen-bond donors (Lipinski definition) is 1. The van der Waals surface area contributed by atoms with Gasteiger partial charge >= 0.3 is 0 Å². The van der Waals surface area contributed by atoms with Crippen molar-refractivity contribution in [3.05, 3.63) is 47.9 Å². The molecule has 0 spiro atoms. The number of anilines is 1. The first-order valence-corrected chi connectivity index (χ1v) is 8.47. The number of thioether (sulfide) groups is 1. The summed E-state index contributed by atoms with van der Waals surface area (Å²) < 4.78 is 0. The summed E-state index contributed by atoms with van der Waals surface area (Å²) >= 11 is 1.77. The van der Waals surface area contributed by atoms with Gasteiger partial charge in [0.25, 0.3) is 0 Å². The van der Waals surface area contributed by atoms with Crippen LogP contribution in [0.2, 0.25) is 0 Å². The van der Waals surface area contributed by atoms with Crippen molar-refractivity contribution in [3.8, 4) is 0 Å². The minimum Gasteiger partial charge on any atom is -0.370 e. The van der Waals surface area contributed by atoms with Crippen molar-refractivity contribution >= 4 is 17.6 Å². The average molecular weight is 301 g/mol. The van der Waals surface area contributed by atoms with Crippen molar-refractivity contribution in [2.75, 3.05) is 11.9 Å². The Bertz CT molecular complexity index is 555. The predicted molar refractivity (Wildman–Crippen MR) is 90.9 cm³/mol. The van der Waals surface area contributed by atoms with Crippen LogP contribution in [0.3, 0.4) is 0 Å². The molecule has 0 atom stereocenters. The molecule has 1 aromatic heterocycles. The molecule has 0 aliphatic carbocycles. The monoisotopic (exact) mass is 301 g/mol. The maximum atomic E-state index is 4.68. The van der Waals surface area contributed by atoms with E-state index >= 15 is 0 Å². The van der Waals surface area contributed by atoms with Gasteiger partial charge in [-0.1, -0.05) is 39.0 Å². The highest BCUT2D eigenvalue weighted by molar-refractivity contribution is 7.98. The molecular weight excluding hydrogens is 278 g/mol. The zero-order chi connectivity index (χ0) is 15.1. The van der Waals surface area contributed by atoms with Crippen LogP contribution in [0.15, 0.2) is 41.3 Å². The Hall–Kier alpha value is -1.55. The summed E-state index contributed by atoms with van der Waals surface area (Å²) in [5.41, 5.74) is 1.10. The quantitative estimate of drug-likeness (QED) is 0.751. The van der Waals surface area contributed by atoms with Gasteiger partial charge in [-0.05, 0) is 24.5 Å². The van der Waals surface area contributed by atoms with E-state index in [9.17, 15) is 0 Å². The normalized spacial score (nSPS) is 10.9. The first kappa shape index (κ1) is 15.8. The SMILES string of the molecule is CCCNc1cc(C(C)C)nc(CSc2ccccc2)n1. The maximum absolute atomic E-state index is 4.68. The van der Waals surface area contributed by atoms with Gasteiger partial charge in [0.1, 0.15) is 11.6 Å². The lowest BCUT2D eigenvalue weighted by Crippen LogP contribution is -2.07. The number of nitrogens with zero attached hydrogens (tertiary/aromatic N) is 2. The van der Waals surface area contributed by atoms with E-state index < -0.39 is 0 Å². The molecule has 0 unspecified atom stereocenters. The zero-order valence-electron chi connectivity index (χ0n) is 13.0. The van der Waals surface area contributed by atoms with Crippen molar-refractivity contribution in [1.29, 1.82) is 0 Å². The molecule has 0 saturated heterocycles. The van der Waals surface area contributed by atoms with E-state index in [4.69, 9.17) is 0 Å². The van der Waals surface area contributed by atoms with E-state index in [0.29, 0.717) is 5.92 Å². The van der Waals surface area contributed by atoms with Gasteiger partial charge in [0.05, 0.1) is 5.75 Å². The first-order valence-electron chi connectivity index (χ1n) is 7.48. The molecule has 4 heteroatoms. The van der Waals surface area contributed by atoms with Gasteiger partial charge in [0.2, 0.25) is 0 Å². The van der Waals surface area contributed by atoms with Gasteiger partial charge in [0.15, 0.2) is 0 Å². The summed E-state index contributed by atoms with van der Waals surface area (Å²) in [4.78, 5) is 10.6. The Morgan fingerprint density at radius 3 is 2.57 bits per heavy atom. The fourth-order valence-corrected chi connectivity index (χ4v) is 2.66. The third kappa shape index (κ3) is 5.05. The summed E-state index contributed by atoms with van der Waals surface area (Å²) in [5, 5.41) is 3.37. The Labute approximate surface area is 131 Å². The van der Waals surface area contributed by atoms with Crippen LogP contribution in [0, 0.1) is 0 Å². The number of aromatic nitrogens is 2. The van der Waals surface area contributed by atoms with Gasteiger partial charge in [-0.3, -0.25) is 0 Å². The molecule has 1 N–H and O–H groups in total. The van der Waals surface area contributed by atoms with E-state index in [0.717, 1.165) is 36.1 Å². The molecule has 21 heavy (non-hydrogen) atoms. The molecule has 2 rings (SSSR count). The van der Waals surface area contributed by atoms with E-state index in [1.807, 2.05) is 6.07 Å².